The molecule has 1 saturated heterocycles. The third-order valence-corrected chi connectivity index (χ3v) is 4.44. The van der Waals surface area contributed by atoms with Crippen molar-refractivity contribution in [3.8, 4) is 0 Å². The second-order valence-electron chi connectivity index (χ2n) is 6.68. The number of nitrogens with zero attached hydrogens (tertiary/aromatic N) is 3. The number of guanidine groups is 1. The number of benzene rings is 1. The number of hydrogen-bond donors (Lipinski definition) is 2. The van der Waals surface area contributed by atoms with E-state index in [-0.39, 0.29) is 6.10 Å². The van der Waals surface area contributed by atoms with Crippen molar-refractivity contribution in [2.45, 2.75) is 33.0 Å². The average Bonchev–Trinajstić information content (AvgIpc) is 2.71. The van der Waals surface area contributed by atoms with Gasteiger partial charge in [-0.05, 0) is 37.1 Å². The molecular formula is C21H29N5O. The van der Waals surface area contributed by atoms with Crippen LogP contribution in [0, 0.1) is 0 Å². The van der Waals surface area contributed by atoms with Crippen LogP contribution in [-0.4, -0.2) is 43.3 Å². The molecule has 27 heavy (non-hydrogen) atoms. The molecule has 6 nitrogen and oxygen atoms in total. The third kappa shape index (κ3) is 5.96. The van der Waals surface area contributed by atoms with Crippen LogP contribution < -0.4 is 15.5 Å². The molecule has 0 saturated carbocycles. The highest BCUT2D eigenvalue weighted by Gasteiger charge is 2.17. The Balaban J connectivity index is 1.62. The minimum Gasteiger partial charge on any atom is -0.375 e. The van der Waals surface area contributed by atoms with Crippen LogP contribution in [0.15, 0.2) is 53.7 Å². The summed E-state index contributed by atoms with van der Waals surface area (Å²) in [6.07, 6.45) is 2.11. The molecule has 2 heterocycles. The van der Waals surface area contributed by atoms with Crippen LogP contribution in [0.4, 0.5) is 5.82 Å². The van der Waals surface area contributed by atoms with Crippen LogP contribution in [0.1, 0.15) is 25.0 Å². The van der Waals surface area contributed by atoms with E-state index in [1.807, 2.05) is 30.5 Å². The van der Waals surface area contributed by atoms with E-state index >= 15 is 0 Å². The number of pyridine rings is 1. The van der Waals surface area contributed by atoms with Crippen LogP contribution in [0.3, 0.4) is 0 Å². The maximum atomic E-state index is 5.62. The molecule has 0 bridgehead atoms. The van der Waals surface area contributed by atoms with Gasteiger partial charge in [0.2, 0.25) is 0 Å². The Bertz CT molecular complexity index is 734. The Morgan fingerprint density at radius 2 is 2.07 bits per heavy atom. The van der Waals surface area contributed by atoms with Gasteiger partial charge in [-0.25, -0.2) is 9.98 Å². The molecule has 1 atom stereocenters. The van der Waals surface area contributed by atoms with Crippen molar-refractivity contribution < 1.29 is 4.74 Å². The van der Waals surface area contributed by atoms with Gasteiger partial charge in [-0.1, -0.05) is 30.3 Å². The van der Waals surface area contributed by atoms with Gasteiger partial charge in [0.25, 0.3) is 0 Å². The monoisotopic (exact) mass is 367 g/mol. The van der Waals surface area contributed by atoms with Crippen LogP contribution >= 0.6 is 0 Å². The summed E-state index contributed by atoms with van der Waals surface area (Å²) in [5, 5.41) is 6.69. The molecular weight excluding hydrogens is 338 g/mol. The smallest absolute Gasteiger partial charge is 0.191 e. The van der Waals surface area contributed by atoms with E-state index in [0.29, 0.717) is 6.54 Å². The first kappa shape index (κ1) is 19.2. The third-order valence-electron chi connectivity index (χ3n) is 4.44. The van der Waals surface area contributed by atoms with Crippen LogP contribution in [0.5, 0.6) is 0 Å². The zero-order chi connectivity index (χ0) is 18.9. The number of hydrogen-bond acceptors (Lipinski definition) is 4. The number of nitrogens with one attached hydrogen (secondary N) is 2. The lowest BCUT2D eigenvalue weighted by atomic mass is 10.2. The number of rotatable bonds is 6. The molecule has 2 aromatic rings. The number of ether oxygens (including phenoxy) is 1. The zero-order valence-corrected chi connectivity index (χ0v) is 16.2. The van der Waals surface area contributed by atoms with Crippen molar-refractivity contribution in [3.05, 3.63) is 59.8 Å². The lowest BCUT2D eigenvalue weighted by molar-refractivity contribution is 0.0529. The molecule has 0 amide bonds. The predicted molar refractivity (Wildman–Crippen MR) is 110 cm³/mol. The fraction of sp³-hybridized carbons (Fsp3) is 0.429. The van der Waals surface area contributed by atoms with Crippen molar-refractivity contribution in [2.24, 2.45) is 4.99 Å². The lowest BCUT2D eigenvalue weighted by Gasteiger charge is -2.32. The number of aliphatic imine (C=N–C) groups is 1. The van der Waals surface area contributed by atoms with Gasteiger partial charge in [-0.3, -0.25) is 0 Å². The Morgan fingerprint density at radius 3 is 2.85 bits per heavy atom. The summed E-state index contributed by atoms with van der Waals surface area (Å²) in [7, 11) is 0. The SMILES string of the molecule is CCNC(=NCc1ccnc(N2CCOC(C)C2)c1)NCc1ccccc1. The highest BCUT2D eigenvalue weighted by atomic mass is 16.5. The molecule has 0 aliphatic carbocycles. The zero-order valence-electron chi connectivity index (χ0n) is 16.2. The van der Waals surface area contributed by atoms with Crippen LogP contribution in [-0.2, 0) is 17.8 Å². The first-order valence-electron chi connectivity index (χ1n) is 9.62. The molecule has 0 radical (unpaired) electrons. The van der Waals surface area contributed by atoms with E-state index in [1.165, 1.54) is 5.56 Å². The molecule has 1 aromatic carbocycles. The molecule has 1 aromatic heterocycles. The van der Waals surface area contributed by atoms with Gasteiger partial charge < -0.3 is 20.3 Å². The number of aromatic nitrogens is 1. The van der Waals surface area contributed by atoms with E-state index in [9.17, 15) is 0 Å². The normalized spacial score (nSPS) is 17.6. The fourth-order valence-corrected chi connectivity index (χ4v) is 3.05. The molecule has 0 spiro atoms. The summed E-state index contributed by atoms with van der Waals surface area (Å²) in [4.78, 5) is 11.5. The van der Waals surface area contributed by atoms with E-state index < -0.39 is 0 Å². The standard InChI is InChI=1S/C21H29N5O/c1-3-22-21(24-14-18-7-5-4-6-8-18)25-15-19-9-10-23-20(13-19)26-11-12-27-17(2)16-26/h4-10,13,17H,3,11-12,14-16H2,1-2H3,(H2,22,24,25). The second-order valence-corrected chi connectivity index (χ2v) is 6.68. The largest absolute Gasteiger partial charge is 0.375 e. The molecule has 2 N–H and O–H groups in total. The summed E-state index contributed by atoms with van der Waals surface area (Å²) in [6, 6.07) is 14.5. The Labute approximate surface area is 161 Å². The van der Waals surface area contributed by atoms with Crippen molar-refractivity contribution in [1.82, 2.24) is 15.6 Å². The first-order valence-corrected chi connectivity index (χ1v) is 9.62. The Morgan fingerprint density at radius 1 is 1.22 bits per heavy atom. The number of morpholine rings is 1. The molecule has 1 unspecified atom stereocenters. The van der Waals surface area contributed by atoms with Gasteiger partial charge in [-0.2, -0.15) is 0 Å². The van der Waals surface area contributed by atoms with E-state index in [4.69, 9.17) is 9.73 Å². The molecule has 1 aliphatic rings. The summed E-state index contributed by atoms with van der Waals surface area (Å²) in [5.41, 5.74) is 2.38. The fourth-order valence-electron chi connectivity index (χ4n) is 3.05. The van der Waals surface area contributed by atoms with Gasteiger partial charge in [-0.15, -0.1) is 0 Å². The molecule has 1 fully saturated rings. The molecule has 144 valence electrons. The quantitative estimate of drug-likeness (QED) is 0.607. The highest BCUT2D eigenvalue weighted by Crippen LogP contribution is 2.16. The topological polar surface area (TPSA) is 61.8 Å². The van der Waals surface area contributed by atoms with Gasteiger partial charge in [0.05, 0.1) is 19.3 Å². The van der Waals surface area contributed by atoms with Crippen molar-refractivity contribution in [2.75, 3.05) is 31.1 Å². The van der Waals surface area contributed by atoms with E-state index in [1.54, 1.807) is 0 Å². The van der Waals surface area contributed by atoms with Crippen molar-refractivity contribution in [1.29, 1.82) is 0 Å². The second kappa shape index (κ2) is 9.92. The summed E-state index contributed by atoms with van der Waals surface area (Å²) >= 11 is 0. The Hall–Kier alpha value is -2.60. The van der Waals surface area contributed by atoms with E-state index in [0.717, 1.165) is 50.1 Å². The van der Waals surface area contributed by atoms with Gasteiger partial charge in [0.1, 0.15) is 5.82 Å². The van der Waals surface area contributed by atoms with Crippen LogP contribution in [0.2, 0.25) is 0 Å². The summed E-state index contributed by atoms with van der Waals surface area (Å²) in [5.74, 6) is 1.82. The molecule has 6 heteroatoms. The predicted octanol–water partition coefficient (Wildman–Crippen LogP) is 2.56. The molecule has 3 rings (SSSR count). The number of anilines is 1. The van der Waals surface area contributed by atoms with Gasteiger partial charge >= 0.3 is 0 Å². The van der Waals surface area contributed by atoms with Crippen molar-refractivity contribution in [3.63, 3.8) is 0 Å². The van der Waals surface area contributed by atoms with Crippen LogP contribution in [0.25, 0.3) is 0 Å². The van der Waals surface area contributed by atoms with Crippen molar-refractivity contribution >= 4 is 11.8 Å². The average molecular weight is 367 g/mol. The summed E-state index contributed by atoms with van der Waals surface area (Å²) in [6.45, 7) is 8.87. The molecule has 1 aliphatic heterocycles. The maximum Gasteiger partial charge on any atom is 0.191 e. The highest BCUT2D eigenvalue weighted by molar-refractivity contribution is 5.79. The lowest BCUT2D eigenvalue weighted by Crippen LogP contribution is -2.41. The minimum absolute atomic E-state index is 0.241. The first-order chi connectivity index (χ1) is 13.2. The van der Waals surface area contributed by atoms with Gasteiger partial charge in [0, 0.05) is 32.4 Å². The van der Waals surface area contributed by atoms with Gasteiger partial charge in [0.15, 0.2) is 5.96 Å². The summed E-state index contributed by atoms with van der Waals surface area (Å²) < 4.78 is 5.62. The Kier molecular flexibility index (Phi) is 7.04. The minimum atomic E-state index is 0.241. The maximum absolute atomic E-state index is 5.62. The van der Waals surface area contributed by atoms with E-state index in [2.05, 4.69) is 52.6 Å².